The summed E-state index contributed by atoms with van der Waals surface area (Å²) < 4.78 is 5.37. The Balaban J connectivity index is 2.81. The topological polar surface area (TPSA) is 42.4 Å². The van der Waals surface area contributed by atoms with Crippen molar-refractivity contribution >= 4 is 0 Å². The summed E-state index contributed by atoms with van der Waals surface area (Å²) in [5.41, 5.74) is 0.847. The third-order valence-electron chi connectivity index (χ3n) is 2.88. The fourth-order valence-electron chi connectivity index (χ4n) is 1.85. The van der Waals surface area contributed by atoms with Crippen LogP contribution in [0.3, 0.4) is 0 Å². The van der Waals surface area contributed by atoms with Crippen LogP contribution in [-0.4, -0.2) is 16.7 Å². The zero-order chi connectivity index (χ0) is 12.0. The van der Waals surface area contributed by atoms with E-state index in [1.807, 2.05) is 13.0 Å². The Morgan fingerprint density at radius 3 is 2.50 bits per heavy atom. The molecule has 0 aliphatic rings. The molecular formula is C13H21NO2. The van der Waals surface area contributed by atoms with Crippen LogP contribution < -0.4 is 4.74 Å². The number of rotatable bonds is 6. The van der Waals surface area contributed by atoms with E-state index < -0.39 is 6.10 Å². The largest absolute Gasteiger partial charge is 0.492 e. The van der Waals surface area contributed by atoms with Gasteiger partial charge in [-0.3, -0.25) is 4.98 Å². The summed E-state index contributed by atoms with van der Waals surface area (Å²) in [5.74, 6) is 1.02. The van der Waals surface area contributed by atoms with Gasteiger partial charge >= 0.3 is 0 Å². The molecule has 1 aromatic heterocycles. The first-order valence-corrected chi connectivity index (χ1v) is 5.98. The van der Waals surface area contributed by atoms with Crippen LogP contribution in [0, 0.1) is 5.92 Å². The molecule has 0 spiro atoms. The minimum Gasteiger partial charge on any atom is -0.492 e. The molecular weight excluding hydrogens is 202 g/mol. The van der Waals surface area contributed by atoms with Crippen molar-refractivity contribution in [2.75, 3.05) is 6.61 Å². The number of aromatic nitrogens is 1. The van der Waals surface area contributed by atoms with Gasteiger partial charge in [0.25, 0.3) is 0 Å². The summed E-state index contributed by atoms with van der Waals surface area (Å²) in [5, 5.41) is 10.2. The molecule has 16 heavy (non-hydrogen) atoms. The van der Waals surface area contributed by atoms with Crippen molar-refractivity contribution in [3.63, 3.8) is 0 Å². The van der Waals surface area contributed by atoms with Gasteiger partial charge in [0.2, 0.25) is 0 Å². The summed E-state index contributed by atoms with van der Waals surface area (Å²) in [7, 11) is 0. The number of aliphatic hydroxyl groups excluding tert-OH is 1. The summed E-state index contributed by atoms with van der Waals surface area (Å²) >= 11 is 0. The molecule has 3 nitrogen and oxygen atoms in total. The Labute approximate surface area is 97.5 Å². The number of nitrogens with zero attached hydrogens (tertiary/aromatic N) is 1. The number of aliphatic hydroxyl groups is 1. The van der Waals surface area contributed by atoms with E-state index in [1.54, 1.807) is 12.4 Å². The summed E-state index contributed by atoms with van der Waals surface area (Å²) in [6.45, 7) is 6.74. The van der Waals surface area contributed by atoms with Gasteiger partial charge in [-0.2, -0.15) is 0 Å². The molecule has 1 atom stereocenters. The number of hydrogen-bond acceptors (Lipinski definition) is 3. The van der Waals surface area contributed by atoms with E-state index in [0.717, 1.165) is 24.2 Å². The molecule has 90 valence electrons. The molecule has 0 aliphatic carbocycles. The van der Waals surface area contributed by atoms with Crippen LogP contribution in [0.2, 0.25) is 0 Å². The molecule has 1 rings (SSSR count). The first-order valence-electron chi connectivity index (χ1n) is 5.98. The highest BCUT2D eigenvalue weighted by Gasteiger charge is 2.18. The highest BCUT2D eigenvalue weighted by atomic mass is 16.5. The smallest absolute Gasteiger partial charge is 0.137 e. The van der Waals surface area contributed by atoms with Gasteiger partial charge < -0.3 is 9.84 Å². The maximum Gasteiger partial charge on any atom is 0.137 e. The molecule has 0 aliphatic heterocycles. The Kier molecular flexibility index (Phi) is 5.26. The Morgan fingerprint density at radius 2 is 1.94 bits per heavy atom. The second-order valence-corrected chi connectivity index (χ2v) is 3.91. The zero-order valence-corrected chi connectivity index (χ0v) is 10.3. The van der Waals surface area contributed by atoms with Crippen LogP contribution in [0.1, 0.15) is 45.3 Å². The standard InChI is InChI=1S/C13H21NO2/c1-4-10(5-2)13(15)11-7-12(16-6-3)9-14-8-11/h7-10,13,15H,4-6H2,1-3H3. The monoisotopic (exact) mass is 223 g/mol. The van der Waals surface area contributed by atoms with Crippen molar-refractivity contribution in [2.24, 2.45) is 5.92 Å². The lowest BCUT2D eigenvalue weighted by Gasteiger charge is -2.20. The van der Waals surface area contributed by atoms with Gasteiger partial charge in [-0.1, -0.05) is 26.7 Å². The van der Waals surface area contributed by atoms with Crippen LogP contribution >= 0.6 is 0 Å². The molecule has 0 saturated heterocycles. The predicted molar refractivity (Wildman–Crippen MR) is 64.4 cm³/mol. The van der Waals surface area contributed by atoms with Crippen LogP contribution in [0.15, 0.2) is 18.5 Å². The minimum absolute atomic E-state index is 0.290. The lowest BCUT2D eigenvalue weighted by Crippen LogP contribution is -2.11. The van der Waals surface area contributed by atoms with E-state index in [4.69, 9.17) is 4.74 Å². The number of ether oxygens (including phenoxy) is 1. The zero-order valence-electron chi connectivity index (χ0n) is 10.3. The van der Waals surface area contributed by atoms with Gasteiger partial charge in [-0.05, 0) is 18.9 Å². The maximum absolute atomic E-state index is 10.2. The van der Waals surface area contributed by atoms with Crippen molar-refractivity contribution in [2.45, 2.75) is 39.7 Å². The predicted octanol–water partition coefficient (Wildman–Crippen LogP) is 2.95. The number of hydrogen-bond donors (Lipinski definition) is 1. The van der Waals surface area contributed by atoms with Crippen molar-refractivity contribution < 1.29 is 9.84 Å². The molecule has 3 heteroatoms. The minimum atomic E-state index is -0.442. The quantitative estimate of drug-likeness (QED) is 0.806. The van der Waals surface area contributed by atoms with Gasteiger partial charge in [0.15, 0.2) is 0 Å². The van der Waals surface area contributed by atoms with Crippen molar-refractivity contribution in [3.05, 3.63) is 24.0 Å². The third-order valence-corrected chi connectivity index (χ3v) is 2.88. The summed E-state index contributed by atoms with van der Waals surface area (Å²) in [4.78, 5) is 4.09. The molecule has 0 amide bonds. The van der Waals surface area contributed by atoms with Crippen LogP contribution in [0.5, 0.6) is 5.75 Å². The average Bonchev–Trinajstić information content (AvgIpc) is 2.31. The van der Waals surface area contributed by atoms with Gasteiger partial charge in [0, 0.05) is 11.8 Å². The molecule has 0 aromatic carbocycles. The lowest BCUT2D eigenvalue weighted by molar-refractivity contribution is 0.103. The molecule has 0 saturated carbocycles. The van der Waals surface area contributed by atoms with Crippen LogP contribution in [0.4, 0.5) is 0 Å². The van der Waals surface area contributed by atoms with E-state index in [-0.39, 0.29) is 0 Å². The molecule has 1 heterocycles. The first-order chi connectivity index (χ1) is 7.72. The normalized spacial score (nSPS) is 12.8. The number of pyridine rings is 1. The Hall–Kier alpha value is -1.09. The fourth-order valence-corrected chi connectivity index (χ4v) is 1.85. The first kappa shape index (κ1) is 13.0. The van der Waals surface area contributed by atoms with E-state index in [1.165, 1.54) is 0 Å². The van der Waals surface area contributed by atoms with Crippen molar-refractivity contribution in [3.8, 4) is 5.75 Å². The second-order valence-electron chi connectivity index (χ2n) is 3.91. The SMILES string of the molecule is CCOc1cncc(C(O)C(CC)CC)c1. The van der Waals surface area contributed by atoms with E-state index in [2.05, 4.69) is 18.8 Å². The van der Waals surface area contributed by atoms with Crippen LogP contribution in [0.25, 0.3) is 0 Å². The Bertz CT molecular complexity index is 311. The van der Waals surface area contributed by atoms with E-state index in [0.29, 0.717) is 12.5 Å². The highest BCUT2D eigenvalue weighted by Crippen LogP contribution is 2.28. The molecule has 0 fully saturated rings. The molecule has 0 bridgehead atoms. The van der Waals surface area contributed by atoms with Crippen molar-refractivity contribution in [1.82, 2.24) is 4.98 Å². The summed E-state index contributed by atoms with van der Waals surface area (Å²) in [6, 6.07) is 1.87. The molecule has 1 unspecified atom stereocenters. The highest BCUT2D eigenvalue weighted by molar-refractivity contribution is 5.25. The molecule has 1 aromatic rings. The molecule has 1 N–H and O–H groups in total. The van der Waals surface area contributed by atoms with Gasteiger partial charge in [0.05, 0.1) is 18.9 Å². The van der Waals surface area contributed by atoms with Gasteiger partial charge in [-0.15, -0.1) is 0 Å². The molecule has 0 radical (unpaired) electrons. The second kappa shape index (κ2) is 6.48. The van der Waals surface area contributed by atoms with E-state index in [9.17, 15) is 5.11 Å². The van der Waals surface area contributed by atoms with Crippen LogP contribution in [-0.2, 0) is 0 Å². The lowest BCUT2D eigenvalue weighted by atomic mass is 9.92. The van der Waals surface area contributed by atoms with Gasteiger partial charge in [0.1, 0.15) is 5.75 Å². The average molecular weight is 223 g/mol. The van der Waals surface area contributed by atoms with E-state index >= 15 is 0 Å². The van der Waals surface area contributed by atoms with Gasteiger partial charge in [-0.25, -0.2) is 0 Å². The Morgan fingerprint density at radius 1 is 1.25 bits per heavy atom. The maximum atomic E-state index is 10.2. The third kappa shape index (κ3) is 3.20. The fraction of sp³-hybridized carbons (Fsp3) is 0.615. The van der Waals surface area contributed by atoms with Crippen molar-refractivity contribution in [1.29, 1.82) is 0 Å². The summed E-state index contributed by atoms with van der Waals surface area (Å²) in [6.07, 6.45) is 4.88.